The zero-order valence-electron chi connectivity index (χ0n) is 12.7. The molecule has 0 fully saturated rings. The van der Waals surface area contributed by atoms with Crippen LogP contribution in [0.15, 0.2) is 55.0 Å². The second-order valence-electron chi connectivity index (χ2n) is 5.33. The van der Waals surface area contributed by atoms with E-state index in [1.54, 1.807) is 6.20 Å². The van der Waals surface area contributed by atoms with E-state index in [9.17, 15) is 0 Å². The Morgan fingerprint density at radius 1 is 1.13 bits per heavy atom. The van der Waals surface area contributed by atoms with Crippen LogP contribution in [0.3, 0.4) is 0 Å². The van der Waals surface area contributed by atoms with Gasteiger partial charge in [-0.3, -0.25) is 4.57 Å². The molecule has 0 aliphatic heterocycles. The fourth-order valence-electron chi connectivity index (χ4n) is 2.51. The Bertz CT molecular complexity index is 902. The molecule has 0 atom stereocenters. The fraction of sp³-hybridized carbons (Fsp3) is 0.118. The maximum Gasteiger partial charge on any atom is 0.201 e. The summed E-state index contributed by atoms with van der Waals surface area (Å²) in [5.41, 5.74) is 3.07. The highest BCUT2D eigenvalue weighted by atomic mass is 15.1. The number of aryl methyl sites for hydroxylation is 1. The molecule has 4 rings (SSSR count). The quantitative estimate of drug-likeness (QED) is 0.608. The molecule has 0 saturated carbocycles. The second kappa shape index (κ2) is 5.57. The van der Waals surface area contributed by atoms with Gasteiger partial charge < -0.3 is 10.3 Å². The first kappa shape index (κ1) is 13.5. The third-order valence-corrected chi connectivity index (χ3v) is 3.73. The molecule has 0 radical (unpaired) electrons. The lowest BCUT2D eigenvalue weighted by Crippen LogP contribution is -2.03. The zero-order chi connectivity index (χ0) is 15.6. The highest BCUT2D eigenvalue weighted by molar-refractivity contribution is 5.77. The third-order valence-electron chi connectivity index (χ3n) is 3.73. The van der Waals surface area contributed by atoms with E-state index < -0.39 is 0 Å². The molecule has 0 aliphatic carbocycles. The molecule has 0 aliphatic rings. The van der Waals surface area contributed by atoms with Crippen molar-refractivity contribution in [2.75, 3.05) is 5.32 Å². The van der Waals surface area contributed by atoms with Gasteiger partial charge >= 0.3 is 0 Å². The number of nitrogens with one attached hydrogen (secondary N) is 2. The Hall–Kier alpha value is -3.15. The summed E-state index contributed by atoms with van der Waals surface area (Å²) in [6, 6.07) is 12.0. The second-order valence-corrected chi connectivity index (χ2v) is 5.33. The number of aromatic amines is 1. The minimum Gasteiger partial charge on any atom is -0.352 e. The van der Waals surface area contributed by atoms with Crippen molar-refractivity contribution in [3.05, 3.63) is 66.4 Å². The van der Waals surface area contributed by atoms with Gasteiger partial charge in [0.05, 0.1) is 11.0 Å². The number of para-hydroxylation sites is 2. The number of aromatic nitrogens is 5. The van der Waals surface area contributed by atoms with Crippen molar-refractivity contribution >= 4 is 17.0 Å². The third kappa shape index (κ3) is 2.66. The minimum atomic E-state index is 0.663. The number of hydrogen-bond donors (Lipinski definition) is 2. The highest BCUT2D eigenvalue weighted by Crippen LogP contribution is 2.14. The summed E-state index contributed by atoms with van der Waals surface area (Å²) in [5.74, 6) is 2.55. The van der Waals surface area contributed by atoms with Gasteiger partial charge in [0.25, 0.3) is 0 Å². The maximum absolute atomic E-state index is 4.50. The first-order chi connectivity index (χ1) is 11.3. The first-order valence-electron chi connectivity index (χ1n) is 7.43. The standard InChI is InChI=1S/C17H16N6/c1-12-18-8-9-23(12)16-7-6-13(10-19-16)11-20-17-21-14-4-2-3-5-15(14)22-17/h2-10H,11H2,1H3,(H2,20,21,22). The predicted molar refractivity (Wildman–Crippen MR) is 89.5 cm³/mol. The first-order valence-corrected chi connectivity index (χ1v) is 7.43. The molecule has 1 aromatic carbocycles. The van der Waals surface area contributed by atoms with Crippen LogP contribution < -0.4 is 5.32 Å². The van der Waals surface area contributed by atoms with Crippen LogP contribution >= 0.6 is 0 Å². The van der Waals surface area contributed by atoms with Crippen LogP contribution in [-0.4, -0.2) is 24.5 Å². The van der Waals surface area contributed by atoms with Gasteiger partial charge in [0.15, 0.2) is 0 Å². The lowest BCUT2D eigenvalue weighted by atomic mass is 10.3. The number of rotatable bonds is 4. The molecule has 6 heteroatoms. The number of anilines is 1. The van der Waals surface area contributed by atoms with Gasteiger partial charge in [-0.2, -0.15) is 0 Å². The Morgan fingerprint density at radius 3 is 2.78 bits per heavy atom. The molecule has 2 N–H and O–H groups in total. The Morgan fingerprint density at radius 2 is 2.04 bits per heavy atom. The smallest absolute Gasteiger partial charge is 0.201 e. The normalized spacial score (nSPS) is 11.0. The number of pyridine rings is 1. The molecule has 23 heavy (non-hydrogen) atoms. The number of benzene rings is 1. The van der Waals surface area contributed by atoms with Crippen LogP contribution in [-0.2, 0) is 6.54 Å². The van der Waals surface area contributed by atoms with Crippen molar-refractivity contribution in [3.63, 3.8) is 0 Å². The van der Waals surface area contributed by atoms with E-state index in [1.807, 2.05) is 54.2 Å². The van der Waals surface area contributed by atoms with E-state index in [1.165, 1.54) is 0 Å². The summed E-state index contributed by atoms with van der Waals surface area (Å²) < 4.78 is 1.95. The molecular formula is C17H16N6. The molecule has 3 aromatic heterocycles. The van der Waals surface area contributed by atoms with Crippen LogP contribution in [0, 0.1) is 6.92 Å². The van der Waals surface area contributed by atoms with Crippen LogP contribution in [0.4, 0.5) is 5.95 Å². The zero-order valence-corrected chi connectivity index (χ0v) is 12.7. The van der Waals surface area contributed by atoms with Gasteiger partial charge in [0.2, 0.25) is 5.95 Å². The van der Waals surface area contributed by atoms with E-state index in [2.05, 4.69) is 31.3 Å². The van der Waals surface area contributed by atoms with Gasteiger partial charge in [-0.1, -0.05) is 18.2 Å². The van der Waals surface area contributed by atoms with Crippen LogP contribution in [0.1, 0.15) is 11.4 Å². The van der Waals surface area contributed by atoms with Gasteiger partial charge in [0.1, 0.15) is 11.6 Å². The van der Waals surface area contributed by atoms with Crippen LogP contribution in [0.25, 0.3) is 16.9 Å². The van der Waals surface area contributed by atoms with E-state index >= 15 is 0 Å². The molecule has 0 amide bonds. The lowest BCUT2D eigenvalue weighted by Gasteiger charge is -2.06. The van der Waals surface area contributed by atoms with E-state index in [4.69, 9.17) is 0 Å². The SMILES string of the molecule is Cc1nccn1-c1ccc(CNc2nc3ccccc3[nH]2)cn1. The average molecular weight is 304 g/mol. The maximum atomic E-state index is 4.50. The molecule has 114 valence electrons. The van der Waals surface area contributed by atoms with Crippen molar-refractivity contribution in [2.24, 2.45) is 0 Å². The van der Waals surface area contributed by atoms with E-state index in [0.29, 0.717) is 6.54 Å². The molecule has 4 aromatic rings. The number of fused-ring (bicyclic) bond motifs is 1. The Balaban J connectivity index is 1.48. The molecule has 0 bridgehead atoms. The monoisotopic (exact) mass is 304 g/mol. The summed E-state index contributed by atoms with van der Waals surface area (Å²) >= 11 is 0. The summed E-state index contributed by atoms with van der Waals surface area (Å²) in [6.45, 7) is 2.62. The summed E-state index contributed by atoms with van der Waals surface area (Å²) in [4.78, 5) is 16.4. The lowest BCUT2D eigenvalue weighted by molar-refractivity contribution is 0.925. The predicted octanol–water partition coefficient (Wildman–Crippen LogP) is 3.06. The van der Waals surface area contributed by atoms with Crippen molar-refractivity contribution in [3.8, 4) is 5.82 Å². The van der Waals surface area contributed by atoms with E-state index in [-0.39, 0.29) is 0 Å². The van der Waals surface area contributed by atoms with Crippen molar-refractivity contribution < 1.29 is 0 Å². The fourth-order valence-corrected chi connectivity index (χ4v) is 2.51. The highest BCUT2D eigenvalue weighted by Gasteiger charge is 2.04. The summed E-state index contributed by atoms with van der Waals surface area (Å²) in [7, 11) is 0. The van der Waals surface area contributed by atoms with Crippen molar-refractivity contribution in [1.29, 1.82) is 0 Å². The van der Waals surface area contributed by atoms with Crippen molar-refractivity contribution in [2.45, 2.75) is 13.5 Å². The molecular weight excluding hydrogens is 288 g/mol. The number of H-pyrrole nitrogens is 1. The molecule has 3 heterocycles. The number of imidazole rings is 2. The van der Waals surface area contributed by atoms with Crippen molar-refractivity contribution in [1.82, 2.24) is 24.5 Å². The number of hydrogen-bond acceptors (Lipinski definition) is 4. The molecule has 0 saturated heterocycles. The van der Waals surface area contributed by atoms with Crippen LogP contribution in [0.2, 0.25) is 0 Å². The summed E-state index contributed by atoms with van der Waals surface area (Å²) in [6.07, 6.45) is 5.54. The minimum absolute atomic E-state index is 0.663. The van der Waals surface area contributed by atoms with Crippen LogP contribution in [0.5, 0.6) is 0 Å². The average Bonchev–Trinajstić information content (AvgIpc) is 3.19. The van der Waals surface area contributed by atoms with E-state index in [0.717, 1.165) is 34.2 Å². The van der Waals surface area contributed by atoms with Gasteiger partial charge in [-0.25, -0.2) is 15.0 Å². The Kier molecular flexibility index (Phi) is 3.27. The van der Waals surface area contributed by atoms with Gasteiger partial charge in [0, 0.05) is 25.1 Å². The molecule has 0 spiro atoms. The largest absolute Gasteiger partial charge is 0.352 e. The number of nitrogens with zero attached hydrogens (tertiary/aromatic N) is 4. The van der Waals surface area contributed by atoms with Gasteiger partial charge in [-0.05, 0) is 30.7 Å². The molecule has 6 nitrogen and oxygen atoms in total. The summed E-state index contributed by atoms with van der Waals surface area (Å²) in [5, 5.41) is 3.29. The molecule has 0 unspecified atom stereocenters. The van der Waals surface area contributed by atoms with Gasteiger partial charge in [-0.15, -0.1) is 0 Å². The topological polar surface area (TPSA) is 71.4 Å². The Labute approximate surface area is 133 Å².